The molecule has 0 heterocycles. The first-order chi connectivity index (χ1) is 4.18. The molecule has 3 heteroatoms. The van der Waals surface area contributed by atoms with E-state index in [1.54, 1.807) is 6.92 Å². The topological polar surface area (TPSA) is 46.5 Å². The highest BCUT2D eigenvalue weighted by Crippen LogP contribution is 1.94. The van der Waals surface area contributed by atoms with E-state index >= 15 is 0 Å². The van der Waals surface area contributed by atoms with Gasteiger partial charge in [0.25, 0.3) is 0 Å². The molecule has 1 N–H and O–H groups in total. The molecule has 0 aromatic heterocycles. The first-order valence-corrected chi connectivity index (χ1v) is 2.99. The normalized spacial score (nSPS) is 13.1. The molecule has 0 aliphatic carbocycles. The number of hydrogen-bond acceptors (Lipinski definition) is 2. The average Bonchev–Trinajstić information content (AvgIpc) is 1.82. The molecule has 0 saturated carbocycles. The standard InChI is InChI=1S/C6H12O3/c1-3-9-4-5(2)6(7)8/h5H,3-4H2,1-2H3,(H,7,8)/t5-/m0/s1. The highest BCUT2D eigenvalue weighted by atomic mass is 16.5. The van der Waals surface area contributed by atoms with Crippen molar-refractivity contribution in [2.75, 3.05) is 13.2 Å². The van der Waals surface area contributed by atoms with E-state index < -0.39 is 5.97 Å². The van der Waals surface area contributed by atoms with E-state index in [1.165, 1.54) is 0 Å². The summed E-state index contributed by atoms with van der Waals surface area (Å²) in [7, 11) is 0. The predicted octanol–water partition coefficient (Wildman–Crippen LogP) is 0.744. The molecule has 0 unspecified atom stereocenters. The van der Waals surface area contributed by atoms with Crippen LogP contribution in [0.1, 0.15) is 13.8 Å². The number of carbonyl (C=O) groups is 1. The van der Waals surface area contributed by atoms with Crippen molar-refractivity contribution < 1.29 is 14.6 Å². The molecule has 0 aromatic rings. The van der Waals surface area contributed by atoms with E-state index in [9.17, 15) is 4.79 Å². The highest BCUT2D eigenvalue weighted by Gasteiger charge is 2.08. The van der Waals surface area contributed by atoms with Crippen LogP contribution in [0.5, 0.6) is 0 Å². The molecule has 0 amide bonds. The Morgan fingerprint density at radius 1 is 1.78 bits per heavy atom. The van der Waals surface area contributed by atoms with Crippen LogP contribution in [0.4, 0.5) is 0 Å². The maximum absolute atomic E-state index is 10.1. The fourth-order valence-corrected chi connectivity index (χ4v) is 0.366. The van der Waals surface area contributed by atoms with E-state index in [-0.39, 0.29) is 5.92 Å². The first kappa shape index (κ1) is 8.43. The van der Waals surface area contributed by atoms with Crippen molar-refractivity contribution in [3.8, 4) is 0 Å². The van der Waals surface area contributed by atoms with Gasteiger partial charge in [0.15, 0.2) is 0 Å². The maximum atomic E-state index is 10.1. The lowest BCUT2D eigenvalue weighted by Crippen LogP contribution is -2.15. The minimum absolute atomic E-state index is 0.311. The second-order valence-electron chi connectivity index (χ2n) is 1.90. The van der Waals surface area contributed by atoms with Crippen LogP contribution in [0.15, 0.2) is 0 Å². The molecule has 0 saturated heterocycles. The molecule has 3 nitrogen and oxygen atoms in total. The summed E-state index contributed by atoms with van der Waals surface area (Å²) < 4.78 is 4.88. The van der Waals surface area contributed by atoms with Gasteiger partial charge in [0.1, 0.15) is 0 Å². The van der Waals surface area contributed by atoms with E-state index in [4.69, 9.17) is 9.84 Å². The number of carboxylic acids is 1. The van der Waals surface area contributed by atoms with Crippen molar-refractivity contribution in [3.63, 3.8) is 0 Å². The molecule has 1 atom stereocenters. The average molecular weight is 132 g/mol. The van der Waals surface area contributed by atoms with Crippen LogP contribution in [0.2, 0.25) is 0 Å². The second kappa shape index (κ2) is 4.32. The Bertz CT molecular complexity index is 90.3. The fourth-order valence-electron chi connectivity index (χ4n) is 0.366. The van der Waals surface area contributed by atoms with Crippen molar-refractivity contribution in [2.45, 2.75) is 13.8 Å². The fraction of sp³-hybridized carbons (Fsp3) is 0.833. The molecule has 0 spiro atoms. The molecule has 54 valence electrons. The van der Waals surface area contributed by atoms with Gasteiger partial charge in [0.2, 0.25) is 0 Å². The Morgan fingerprint density at radius 3 is 2.67 bits per heavy atom. The number of hydrogen-bond donors (Lipinski definition) is 1. The van der Waals surface area contributed by atoms with Gasteiger partial charge in [-0.2, -0.15) is 0 Å². The molecule has 0 aromatic carbocycles. The predicted molar refractivity (Wildman–Crippen MR) is 33.3 cm³/mol. The summed E-state index contributed by atoms with van der Waals surface area (Å²) >= 11 is 0. The lowest BCUT2D eigenvalue weighted by molar-refractivity contribution is -0.143. The molecule has 0 aliphatic heterocycles. The quantitative estimate of drug-likeness (QED) is 0.613. The summed E-state index contributed by atoms with van der Waals surface area (Å²) in [5, 5.41) is 8.33. The minimum Gasteiger partial charge on any atom is -0.481 e. The van der Waals surface area contributed by atoms with Crippen molar-refractivity contribution in [3.05, 3.63) is 0 Å². The third-order valence-corrected chi connectivity index (χ3v) is 0.994. The number of carboxylic acid groups (broad SMARTS) is 1. The molecular weight excluding hydrogens is 120 g/mol. The number of rotatable bonds is 4. The van der Waals surface area contributed by atoms with E-state index in [0.717, 1.165) is 0 Å². The van der Waals surface area contributed by atoms with Gasteiger partial charge in [-0.1, -0.05) is 0 Å². The summed E-state index contributed by atoms with van der Waals surface area (Å²) in [6.07, 6.45) is 0. The zero-order valence-electron chi connectivity index (χ0n) is 5.76. The maximum Gasteiger partial charge on any atom is 0.308 e. The minimum atomic E-state index is -0.802. The van der Waals surface area contributed by atoms with Gasteiger partial charge >= 0.3 is 5.97 Å². The van der Waals surface area contributed by atoms with Crippen molar-refractivity contribution >= 4 is 5.97 Å². The summed E-state index contributed by atoms with van der Waals surface area (Å²) in [6, 6.07) is 0. The summed E-state index contributed by atoms with van der Waals surface area (Å²) in [5.41, 5.74) is 0. The van der Waals surface area contributed by atoms with Gasteiger partial charge < -0.3 is 9.84 Å². The zero-order chi connectivity index (χ0) is 7.28. The first-order valence-electron chi connectivity index (χ1n) is 2.99. The number of aliphatic carboxylic acids is 1. The molecule has 0 rings (SSSR count). The second-order valence-corrected chi connectivity index (χ2v) is 1.90. The zero-order valence-corrected chi connectivity index (χ0v) is 5.76. The van der Waals surface area contributed by atoms with E-state index in [2.05, 4.69) is 0 Å². The van der Waals surface area contributed by atoms with Gasteiger partial charge in [0.05, 0.1) is 12.5 Å². The van der Waals surface area contributed by atoms with Gasteiger partial charge in [-0.3, -0.25) is 4.79 Å². The van der Waals surface area contributed by atoms with Crippen LogP contribution < -0.4 is 0 Å². The summed E-state index contributed by atoms with van der Waals surface area (Å²) in [5.74, 6) is -1.19. The lowest BCUT2D eigenvalue weighted by atomic mass is 10.2. The monoisotopic (exact) mass is 132 g/mol. The van der Waals surface area contributed by atoms with Gasteiger partial charge in [-0.25, -0.2) is 0 Å². The largest absolute Gasteiger partial charge is 0.481 e. The Kier molecular flexibility index (Phi) is 4.05. The van der Waals surface area contributed by atoms with Crippen molar-refractivity contribution in [2.24, 2.45) is 5.92 Å². The van der Waals surface area contributed by atoms with Gasteiger partial charge in [-0.15, -0.1) is 0 Å². The smallest absolute Gasteiger partial charge is 0.308 e. The molecule has 0 aliphatic rings. The molecule has 0 fully saturated rings. The third kappa shape index (κ3) is 3.97. The van der Waals surface area contributed by atoms with Crippen LogP contribution in [0, 0.1) is 5.92 Å². The Balaban J connectivity index is 3.27. The molecule has 0 bridgehead atoms. The van der Waals surface area contributed by atoms with Crippen LogP contribution in [-0.2, 0) is 9.53 Å². The van der Waals surface area contributed by atoms with Crippen LogP contribution in [-0.4, -0.2) is 24.3 Å². The number of ether oxygens (including phenoxy) is 1. The van der Waals surface area contributed by atoms with Crippen LogP contribution >= 0.6 is 0 Å². The third-order valence-electron chi connectivity index (χ3n) is 0.994. The Labute approximate surface area is 54.6 Å². The van der Waals surface area contributed by atoms with Crippen LogP contribution in [0.25, 0.3) is 0 Å². The van der Waals surface area contributed by atoms with E-state index in [1.807, 2.05) is 6.92 Å². The van der Waals surface area contributed by atoms with Crippen molar-refractivity contribution in [1.29, 1.82) is 0 Å². The summed E-state index contributed by atoms with van der Waals surface area (Å²) in [6.45, 7) is 4.36. The highest BCUT2D eigenvalue weighted by molar-refractivity contribution is 5.69. The van der Waals surface area contributed by atoms with Crippen LogP contribution in [0.3, 0.4) is 0 Å². The van der Waals surface area contributed by atoms with E-state index in [0.29, 0.717) is 13.2 Å². The molecular formula is C6H12O3. The summed E-state index contributed by atoms with van der Waals surface area (Å²) in [4.78, 5) is 10.1. The van der Waals surface area contributed by atoms with Gasteiger partial charge in [-0.05, 0) is 13.8 Å². The lowest BCUT2D eigenvalue weighted by Gasteiger charge is -2.03. The van der Waals surface area contributed by atoms with Gasteiger partial charge in [0, 0.05) is 6.61 Å². The Hall–Kier alpha value is -0.570. The molecule has 9 heavy (non-hydrogen) atoms. The van der Waals surface area contributed by atoms with Crippen molar-refractivity contribution in [1.82, 2.24) is 0 Å². The molecule has 0 radical (unpaired) electrons. The Morgan fingerprint density at radius 2 is 2.33 bits per heavy atom. The SMILES string of the molecule is CCOC[C@H](C)C(=O)O.